The van der Waals surface area contributed by atoms with E-state index in [1.807, 2.05) is 22.9 Å². The molecule has 8 heteroatoms. The molecule has 142 valence electrons. The summed E-state index contributed by atoms with van der Waals surface area (Å²) in [6.07, 6.45) is 3.08. The van der Waals surface area contributed by atoms with Crippen molar-refractivity contribution in [3.05, 3.63) is 35.9 Å². The zero-order valence-corrected chi connectivity index (χ0v) is 16.3. The number of aliphatic hydroxyl groups is 1. The molecule has 7 nitrogen and oxygen atoms in total. The summed E-state index contributed by atoms with van der Waals surface area (Å²) in [5, 5.41) is 19.3. The molecule has 1 N–H and O–H groups in total. The highest BCUT2D eigenvalue weighted by molar-refractivity contribution is 7.99. The molecule has 1 saturated heterocycles. The van der Waals surface area contributed by atoms with E-state index in [2.05, 4.69) is 34.3 Å². The number of hydrogen-bond acceptors (Lipinski definition) is 7. The van der Waals surface area contributed by atoms with Gasteiger partial charge in [0.2, 0.25) is 0 Å². The smallest absolute Gasteiger partial charge is 0.191 e. The molecule has 0 unspecified atom stereocenters. The molecule has 0 spiro atoms. The molecule has 1 atom stereocenters. The van der Waals surface area contributed by atoms with Crippen LogP contribution < -0.4 is 4.90 Å². The molecule has 1 aromatic carbocycles. The lowest BCUT2D eigenvalue weighted by Crippen LogP contribution is -2.33. The van der Waals surface area contributed by atoms with Crippen molar-refractivity contribution in [3.63, 3.8) is 0 Å². The van der Waals surface area contributed by atoms with Crippen LogP contribution in [0.2, 0.25) is 0 Å². The zero-order valence-electron chi connectivity index (χ0n) is 15.5. The van der Waals surface area contributed by atoms with Gasteiger partial charge in [0.15, 0.2) is 22.1 Å². The summed E-state index contributed by atoms with van der Waals surface area (Å²) in [5.74, 6) is 1.77. The Kier molecular flexibility index (Phi) is 5.54. The first-order valence-corrected chi connectivity index (χ1v) is 10.4. The van der Waals surface area contributed by atoms with E-state index in [4.69, 9.17) is 9.97 Å². The highest BCUT2D eigenvalue weighted by atomic mass is 32.2. The number of aromatic nitrogens is 5. The number of thioether (sulfide) groups is 1. The van der Waals surface area contributed by atoms with Gasteiger partial charge in [-0.25, -0.2) is 14.6 Å². The number of fused-ring (bicyclic) bond motifs is 1. The van der Waals surface area contributed by atoms with Crippen molar-refractivity contribution in [2.45, 2.75) is 43.9 Å². The summed E-state index contributed by atoms with van der Waals surface area (Å²) < 4.78 is 1.84. The molecule has 2 aromatic heterocycles. The van der Waals surface area contributed by atoms with Crippen LogP contribution in [-0.4, -0.2) is 55.0 Å². The Bertz CT molecular complexity index is 900. The van der Waals surface area contributed by atoms with Crippen LogP contribution >= 0.6 is 11.8 Å². The van der Waals surface area contributed by atoms with Gasteiger partial charge < -0.3 is 10.0 Å². The first-order valence-electron chi connectivity index (χ1n) is 9.45. The molecule has 1 aliphatic rings. The number of anilines is 1. The van der Waals surface area contributed by atoms with Gasteiger partial charge in [0.25, 0.3) is 0 Å². The van der Waals surface area contributed by atoms with Gasteiger partial charge in [-0.1, -0.05) is 54.2 Å². The first-order chi connectivity index (χ1) is 13.3. The summed E-state index contributed by atoms with van der Waals surface area (Å²) in [4.78, 5) is 11.7. The number of rotatable bonds is 7. The molecule has 0 amide bonds. The molecule has 0 aliphatic carbocycles. The second-order valence-electron chi connectivity index (χ2n) is 6.76. The van der Waals surface area contributed by atoms with Crippen LogP contribution in [0.25, 0.3) is 11.2 Å². The quantitative estimate of drug-likeness (QED) is 0.495. The molecular weight excluding hydrogens is 360 g/mol. The van der Waals surface area contributed by atoms with Crippen LogP contribution in [0.5, 0.6) is 0 Å². The van der Waals surface area contributed by atoms with E-state index in [1.54, 1.807) is 11.8 Å². The maximum Gasteiger partial charge on any atom is 0.191 e. The van der Waals surface area contributed by atoms with Gasteiger partial charge in [0.05, 0.1) is 19.2 Å². The van der Waals surface area contributed by atoms with Crippen molar-refractivity contribution in [2.75, 3.05) is 23.8 Å². The average Bonchev–Trinajstić information content (AvgIpc) is 3.34. The van der Waals surface area contributed by atoms with Crippen LogP contribution in [-0.2, 0) is 6.54 Å². The van der Waals surface area contributed by atoms with Gasteiger partial charge in [-0.2, -0.15) is 0 Å². The van der Waals surface area contributed by atoms with E-state index in [9.17, 15) is 5.11 Å². The van der Waals surface area contributed by atoms with Gasteiger partial charge in [0, 0.05) is 12.3 Å². The van der Waals surface area contributed by atoms with E-state index in [-0.39, 0.29) is 12.6 Å². The predicted molar refractivity (Wildman–Crippen MR) is 107 cm³/mol. The molecular formula is C19H24N6OS. The zero-order chi connectivity index (χ0) is 18.6. The fraction of sp³-hybridized carbons (Fsp3) is 0.474. The monoisotopic (exact) mass is 384 g/mol. The highest BCUT2D eigenvalue weighted by Gasteiger charge is 2.29. The van der Waals surface area contributed by atoms with Gasteiger partial charge in [0.1, 0.15) is 0 Å². The van der Waals surface area contributed by atoms with Crippen molar-refractivity contribution in [2.24, 2.45) is 0 Å². The lowest BCUT2D eigenvalue weighted by Gasteiger charge is -2.24. The van der Waals surface area contributed by atoms with Crippen molar-refractivity contribution < 1.29 is 5.11 Å². The molecule has 0 radical (unpaired) electrons. The molecule has 1 fully saturated rings. The summed E-state index contributed by atoms with van der Waals surface area (Å²) in [6.45, 7) is 3.77. The fourth-order valence-corrected chi connectivity index (χ4v) is 4.14. The molecule has 3 heterocycles. The van der Waals surface area contributed by atoms with Crippen LogP contribution in [0.15, 0.2) is 35.5 Å². The lowest BCUT2D eigenvalue weighted by atomic mass is 10.2. The third kappa shape index (κ3) is 3.77. The molecule has 0 bridgehead atoms. The van der Waals surface area contributed by atoms with Gasteiger partial charge in [-0.3, -0.25) is 0 Å². The van der Waals surface area contributed by atoms with Gasteiger partial charge >= 0.3 is 0 Å². The maximum absolute atomic E-state index is 9.75. The number of aliphatic hydroxyl groups excluding tert-OH is 1. The molecule has 4 rings (SSSR count). The van der Waals surface area contributed by atoms with E-state index in [0.29, 0.717) is 12.1 Å². The number of benzene rings is 1. The van der Waals surface area contributed by atoms with Crippen molar-refractivity contribution in [1.82, 2.24) is 25.0 Å². The molecule has 1 aliphatic heterocycles. The summed E-state index contributed by atoms with van der Waals surface area (Å²) in [5.41, 5.74) is 2.62. The summed E-state index contributed by atoms with van der Waals surface area (Å²) in [7, 11) is 0. The average molecular weight is 385 g/mol. The van der Waals surface area contributed by atoms with Gasteiger partial charge in [-0.05, 0) is 24.8 Å². The minimum atomic E-state index is 0.0893. The normalized spacial score (nSPS) is 17.1. The maximum atomic E-state index is 9.75. The molecule has 0 saturated carbocycles. The third-order valence-corrected chi connectivity index (χ3v) is 5.85. The second-order valence-corrected chi connectivity index (χ2v) is 7.82. The first kappa shape index (κ1) is 18.2. The van der Waals surface area contributed by atoms with Gasteiger partial charge in [-0.15, -0.1) is 5.10 Å². The van der Waals surface area contributed by atoms with E-state index in [1.165, 1.54) is 0 Å². The number of nitrogens with zero attached hydrogens (tertiary/aromatic N) is 6. The van der Waals surface area contributed by atoms with E-state index in [0.717, 1.165) is 53.7 Å². The minimum Gasteiger partial charge on any atom is -0.394 e. The summed E-state index contributed by atoms with van der Waals surface area (Å²) in [6, 6.07) is 10.3. The Balaban J connectivity index is 1.77. The Morgan fingerprint density at radius 2 is 2.07 bits per heavy atom. The lowest BCUT2D eigenvalue weighted by molar-refractivity contribution is 0.266. The third-order valence-electron chi connectivity index (χ3n) is 4.79. The Morgan fingerprint density at radius 1 is 1.22 bits per heavy atom. The predicted octanol–water partition coefficient (Wildman–Crippen LogP) is 2.73. The van der Waals surface area contributed by atoms with Crippen molar-refractivity contribution >= 4 is 28.7 Å². The SMILES string of the molecule is CCCSc1nc(N2CCC[C@H]2CO)c2nnn(Cc3ccccc3)c2n1. The second kappa shape index (κ2) is 8.22. The molecule has 3 aromatic rings. The van der Waals surface area contributed by atoms with E-state index >= 15 is 0 Å². The Morgan fingerprint density at radius 3 is 2.85 bits per heavy atom. The Labute approximate surface area is 162 Å². The standard InChI is InChI=1S/C19H24N6OS/c1-2-11-27-19-20-17(24-10-6-9-15(24)13-26)16-18(21-19)25(23-22-16)12-14-7-4-3-5-8-14/h3-5,7-8,15,26H,2,6,9-13H2,1H3/t15-/m0/s1. The summed E-state index contributed by atoms with van der Waals surface area (Å²) >= 11 is 1.66. The van der Waals surface area contributed by atoms with E-state index < -0.39 is 0 Å². The molecule has 27 heavy (non-hydrogen) atoms. The fourth-order valence-electron chi connectivity index (χ4n) is 3.45. The van der Waals surface area contributed by atoms with Crippen LogP contribution in [0, 0.1) is 0 Å². The van der Waals surface area contributed by atoms with Crippen molar-refractivity contribution in [1.29, 1.82) is 0 Å². The highest BCUT2D eigenvalue weighted by Crippen LogP contribution is 2.31. The van der Waals surface area contributed by atoms with Crippen molar-refractivity contribution in [3.8, 4) is 0 Å². The Hall–Kier alpha value is -2.19. The largest absolute Gasteiger partial charge is 0.394 e. The minimum absolute atomic E-state index is 0.0893. The van der Waals surface area contributed by atoms with Crippen LogP contribution in [0.3, 0.4) is 0 Å². The van der Waals surface area contributed by atoms with Crippen LogP contribution in [0.4, 0.5) is 5.82 Å². The topological polar surface area (TPSA) is 80.0 Å². The van der Waals surface area contributed by atoms with Crippen LogP contribution in [0.1, 0.15) is 31.7 Å². The number of hydrogen-bond donors (Lipinski definition) is 1.